The van der Waals surface area contributed by atoms with Gasteiger partial charge < -0.3 is 0 Å². The summed E-state index contributed by atoms with van der Waals surface area (Å²) in [6.45, 7) is 3.23. The maximum atomic E-state index is 8.26. The van der Waals surface area contributed by atoms with Gasteiger partial charge in [0.25, 0.3) is 0 Å². The molecule has 0 heterocycles. The summed E-state index contributed by atoms with van der Waals surface area (Å²) < 4.78 is 29.1. The molecule has 0 spiro atoms. The van der Waals surface area contributed by atoms with E-state index in [9.17, 15) is 0 Å². The van der Waals surface area contributed by atoms with Crippen molar-refractivity contribution in [1.29, 1.82) is 0 Å². The first-order valence-corrected chi connectivity index (χ1v) is 5.00. The molecular weight excluding hydrogens is 148 g/mol. The standard InChI is InChI=1S/C3H7O.3H2O.Ti/c1-3(2)4;;;;/h3H,1-2H3;3*1H2;/q-1;;;;+4/p-3. The van der Waals surface area contributed by atoms with E-state index in [0.29, 0.717) is 0 Å². The fourth-order valence-corrected chi connectivity index (χ4v) is 1.30. The second-order valence-electron chi connectivity index (χ2n) is 1.74. The van der Waals surface area contributed by atoms with E-state index in [2.05, 4.69) is 3.32 Å². The van der Waals surface area contributed by atoms with Gasteiger partial charge in [-0.15, -0.1) is 0 Å². The van der Waals surface area contributed by atoms with E-state index in [0.717, 1.165) is 0 Å². The summed E-state index contributed by atoms with van der Waals surface area (Å²) in [5, 5.41) is 0. The Balaban J connectivity index is 3.39. The van der Waals surface area contributed by atoms with Crippen molar-refractivity contribution in [2.45, 2.75) is 20.0 Å². The van der Waals surface area contributed by atoms with Crippen molar-refractivity contribution in [3.05, 3.63) is 0 Å². The van der Waals surface area contributed by atoms with Gasteiger partial charge in [0.05, 0.1) is 0 Å². The Morgan fingerprint density at radius 2 is 1.62 bits per heavy atom. The van der Waals surface area contributed by atoms with Gasteiger partial charge >= 0.3 is 52.5 Å². The zero-order chi connectivity index (χ0) is 6.78. The molecule has 0 aromatic rings. The normalized spacial score (nSPS) is 12.8. The molecule has 0 aliphatic rings. The van der Waals surface area contributed by atoms with Crippen molar-refractivity contribution >= 4 is 0 Å². The topological polar surface area (TPSA) is 69.9 Å². The summed E-state index contributed by atoms with van der Waals surface area (Å²) in [5.41, 5.74) is 0. The van der Waals surface area contributed by atoms with E-state index in [1.54, 1.807) is 13.8 Å². The van der Waals surface area contributed by atoms with E-state index in [1.807, 2.05) is 0 Å². The molecule has 0 rings (SSSR count). The average Bonchev–Trinajstić information content (AvgIpc) is 1.21. The van der Waals surface area contributed by atoms with Crippen LogP contribution in [0.3, 0.4) is 0 Å². The Morgan fingerprint density at radius 3 is 1.62 bits per heavy atom. The van der Waals surface area contributed by atoms with E-state index in [1.165, 1.54) is 0 Å². The predicted molar refractivity (Wildman–Crippen MR) is 22.9 cm³/mol. The monoisotopic (exact) mass is 158 g/mol. The summed E-state index contributed by atoms with van der Waals surface area (Å²) in [4.78, 5) is 0. The fraction of sp³-hybridized carbons (Fsp3) is 1.00. The molecule has 0 atom stereocenters. The summed E-state index contributed by atoms with van der Waals surface area (Å²) >= 11 is -4.66. The zero-order valence-corrected chi connectivity index (χ0v) is 6.39. The van der Waals surface area contributed by atoms with Gasteiger partial charge in [-0.05, 0) is 0 Å². The zero-order valence-electron chi connectivity index (χ0n) is 4.83. The van der Waals surface area contributed by atoms with E-state index < -0.39 is 18.1 Å². The van der Waals surface area contributed by atoms with Gasteiger partial charge in [0.15, 0.2) is 0 Å². The van der Waals surface area contributed by atoms with Crippen LogP contribution in [0.15, 0.2) is 0 Å². The Morgan fingerprint density at radius 1 is 1.25 bits per heavy atom. The molecule has 3 N–H and O–H groups in total. The third kappa shape index (κ3) is 6.55. The van der Waals surface area contributed by atoms with E-state index in [4.69, 9.17) is 11.1 Å². The maximum absolute atomic E-state index is 8.26. The molecule has 0 fully saturated rings. The molecule has 0 bridgehead atoms. The van der Waals surface area contributed by atoms with Crippen molar-refractivity contribution in [2.75, 3.05) is 0 Å². The van der Waals surface area contributed by atoms with Crippen LogP contribution in [0.1, 0.15) is 13.8 Å². The fourth-order valence-electron chi connectivity index (χ4n) is 0.316. The third-order valence-corrected chi connectivity index (χ3v) is 1.62. The Bertz CT molecular complexity index is 66.2. The van der Waals surface area contributed by atoms with Gasteiger partial charge in [-0.2, -0.15) is 0 Å². The molecule has 0 aromatic carbocycles. The van der Waals surface area contributed by atoms with Gasteiger partial charge in [-0.1, -0.05) is 0 Å². The van der Waals surface area contributed by atoms with Crippen LogP contribution in [0.25, 0.3) is 0 Å². The molecule has 50 valence electrons. The van der Waals surface area contributed by atoms with Gasteiger partial charge in [0.2, 0.25) is 0 Å². The first-order valence-electron chi connectivity index (χ1n) is 2.27. The molecule has 0 saturated carbocycles. The summed E-state index contributed by atoms with van der Waals surface area (Å²) in [6.07, 6.45) is -0.324. The Hall–Kier alpha value is 0.554. The molecule has 4 nitrogen and oxygen atoms in total. The SMILES string of the molecule is CC(C)[O][Ti]([OH])([OH])[OH]. The minimum absolute atomic E-state index is 0.324. The van der Waals surface area contributed by atoms with Crippen LogP contribution < -0.4 is 0 Å². The first kappa shape index (κ1) is 8.55. The second kappa shape index (κ2) is 2.91. The van der Waals surface area contributed by atoms with E-state index >= 15 is 0 Å². The van der Waals surface area contributed by atoms with Crippen LogP contribution in [0, 0.1) is 0 Å². The van der Waals surface area contributed by atoms with Crippen molar-refractivity contribution in [2.24, 2.45) is 0 Å². The number of hydrogen-bond donors (Lipinski definition) is 3. The van der Waals surface area contributed by atoms with Gasteiger partial charge in [0.1, 0.15) is 0 Å². The molecule has 0 aliphatic carbocycles. The number of hydrogen-bond acceptors (Lipinski definition) is 4. The Labute approximate surface area is 53.0 Å². The molecule has 0 aromatic heterocycles. The number of rotatable bonds is 2. The van der Waals surface area contributed by atoms with Crippen LogP contribution in [0.4, 0.5) is 0 Å². The van der Waals surface area contributed by atoms with Crippen molar-refractivity contribution in [3.8, 4) is 0 Å². The molecule has 0 unspecified atom stereocenters. The summed E-state index contributed by atoms with van der Waals surface area (Å²) in [5.74, 6) is 0. The van der Waals surface area contributed by atoms with E-state index in [-0.39, 0.29) is 6.10 Å². The van der Waals surface area contributed by atoms with Crippen LogP contribution in [0.2, 0.25) is 0 Å². The Kier molecular flexibility index (Phi) is 3.12. The first-order chi connectivity index (χ1) is 3.42. The molecule has 0 saturated heterocycles. The van der Waals surface area contributed by atoms with Crippen molar-refractivity contribution in [3.63, 3.8) is 0 Å². The second-order valence-corrected chi connectivity index (χ2v) is 3.90. The molecule has 0 aliphatic heterocycles. The van der Waals surface area contributed by atoms with Crippen molar-refractivity contribution < 1.29 is 32.5 Å². The van der Waals surface area contributed by atoms with Crippen LogP contribution in [0.5, 0.6) is 0 Å². The van der Waals surface area contributed by atoms with Crippen LogP contribution >= 0.6 is 0 Å². The average molecular weight is 158 g/mol. The summed E-state index contributed by atoms with van der Waals surface area (Å²) in [6, 6.07) is 0. The molecular formula is C3H10O4Ti. The minimum atomic E-state index is -4.66. The molecule has 0 amide bonds. The van der Waals surface area contributed by atoms with Gasteiger partial charge in [-0.3, -0.25) is 0 Å². The third-order valence-electron chi connectivity index (χ3n) is 0.394. The molecule has 5 heteroatoms. The predicted octanol–water partition coefficient (Wildman–Crippen LogP) is -0.798. The molecule has 8 heavy (non-hydrogen) atoms. The van der Waals surface area contributed by atoms with Gasteiger partial charge in [-0.25, -0.2) is 0 Å². The summed E-state index contributed by atoms with van der Waals surface area (Å²) in [7, 11) is 0. The van der Waals surface area contributed by atoms with Crippen molar-refractivity contribution in [1.82, 2.24) is 0 Å². The molecule has 0 radical (unpaired) electrons. The van der Waals surface area contributed by atoms with Crippen LogP contribution in [-0.4, -0.2) is 17.2 Å². The quantitative estimate of drug-likeness (QED) is 0.460. The van der Waals surface area contributed by atoms with Crippen LogP contribution in [-0.2, 0) is 21.5 Å². The van der Waals surface area contributed by atoms with Gasteiger partial charge in [0, 0.05) is 0 Å².